The second-order valence-electron chi connectivity index (χ2n) is 5.96. The molecule has 0 aliphatic carbocycles. The Balaban J connectivity index is 1.81. The summed E-state index contributed by atoms with van der Waals surface area (Å²) in [4.78, 5) is 4.81. The minimum absolute atomic E-state index is 0.835. The molecule has 0 saturated heterocycles. The summed E-state index contributed by atoms with van der Waals surface area (Å²) in [6.07, 6.45) is 0. The van der Waals surface area contributed by atoms with E-state index in [4.69, 9.17) is 5.73 Å². The van der Waals surface area contributed by atoms with Crippen molar-refractivity contribution in [3.63, 3.8) is 0 Å². The first kappa shape index (κ1) is 15.2. The van der Waals surface area contributed by atoms with Crippen molar-refractivity contribution in [3.8, 4) is 0 Å². The predicted octanol–water partition coefficient (Wildman–Crippen LogP) is 5.48. The van der Waals surface area contributed by atoms with E-state index in [0.29, 0.717) is 0 Å². The fraction of sp³-hybridized carbons (Fsp3) is 0.200. The molecule has 3 aromatic carbocycles. The van der Waals surface area contributed by atoms with Crippen molar-refractivity contribution in [2.45, 2.75) is 23.6 Å². The van der Waals surface area contributed by atoms with E-state index in [1.165, 1.54) is 26.6 Å². The first-order chi connectivity index (χ1) is 11.7. The summed E-state index contributed by atoms with van der Waals surface area (Å²) in [5.74, 6) is 0. The molecule has 0 radical (unpaired) electrons. The average Bonchev–Trinajstić information content (AvgIpc) is 2.62. The maximum Gasteiger partial charge on any atom is 0.0607 e. The summed E-state index contributed by atoms with van der Waals surface area (Å²) in [5.41, 5.74) is 10.7. The number of anilines is 4. The van der Waals surface area contributed by atoms with Gasteiger partial charge in [0.15, 0.2) is 0 Å². The molecule has 4 heteroatoms. The number of hydrogen-bond donors (Lipinski definition) is 2. The van der Waals surface area contributed by atoms with Crippen LogP contribution in [0.4, 0.5) is 22.7 Å². The highest BCUT2D eigenvalue weighted by molar-refractivity contribution is 7.99. The van der Waals surface area contributed by atoms with E-state index >= 15 is 0 Å². The lowest BCUT2D eigenvalue weighted by atomic mass is 10.1. The van der Waals surface area contributed by atoms with Crippen LogP contribution in [0.5, 0.6) is 0 Å². The van der Waals surface area contributed by atoms with Gasteiger partial charge in [-0.05, 0) is 38.1 Å². The number of nitrogens with zero attached hydrogens (tertiary/aromatic N) is 1. The van der Waals surface area contributed by atoms with Crippen LogP contribution < -0.4 is 16.0 Å². The molecule has 3 aromatic rings. The fourth-order valence-corrected chi connectivity index (χ4v) is 4.42. The van der Waals surface area contributed by atoms with Gasteiger partial charge >= 0.3 is 0 Å². The molecule has 3 N–H and O–H groups in total. The molecule has 1 heterocycles. The Morgan fingerprint density at radius 3 is 2.46 bits per heavy atom. The van der Waals surface area contributed by atoms with Crippen molar-refractivity contribution in [3.05, 3.63) is 48.5 Å². The molecule has 0 atom stereocenters. The fourth-order valence-electron chi connectivity index (χ4n) is 3.32. The normalized spacial score (nSPS) is 12.4. The zero-order chi connectivity index (χ0) is 16.7. The number of fused-ring (bicyclic) bond motifs is 4. The van der Waals surface area contributed by atoms with Crippen molar-refractivity contribution in [2.75, 3.05) is 29.0 Å². The Morgan fingerprint density at radius 1 is 0.958 bits per heavy atom. The molecule has 24 heavy (non-hydrogen) atoms. The van der Waals surface area contributed by atoms with Gasteiger partial charge in [0.2, 0.25) is 0 Å². The van der Waals surface area contributed by atoms with Crippen molar-refractivity contribution in [1.29, 1.82) is 0 Å². The standard InChI is InChI=1S/C20H21N3S/c1-3-23(4-2)13-9-10-17-18(11-13)24-19-12-16(21)14-7-5-6-8-15(14)20(19)22-17/h5-12,22H,3-4,21H2,1-2H3. The van der Waals surface area contributed by atoms with Crippen LogP contribution in [0.3, 0.4) is 0 Å². The van der Waals surface area contributed by atoms with Crippen molar-refractivity contribution in [1.82, 2.24) is 0 Å². The zero-order valence-corrected chi connectivity index (χ0v) is 14.8. The molecular formula is C20H21N3S. The molecule has 122 valence electrons. The summed E-state index contributed by atoms with van der Waals surface area (Å²) in [7, 11) is 0. The second kappa shape index (κ2) is 5.95. The van der Waals surface area contributed by atoms with Gasteiger partial charge in [-0.1, -0.05) is 36.0 Å². The molecule has 3 nitrogen and oxygen atoms in total. The molecule has 0 spiro atoms. The third-order valence-corrected chi connectivity index (χ3v) is 5.71. The highest BCUT2D eigenvalue weighted by Crippen LogP contribution is 2.49. The predicted molar refractivity (Wildman–Crippen MR) is 106 cm³/mol. The minimum atomic E-state index is 0.835. The Kier molecular flexibility index (Phi) is 3.77. The highest BCUT2D eigenvalue weighted by Gasteiger charge is 2.20. The molecule has 0 fully saturated rings. The van der Waals surface area contributed by atoms with E-state index in [2.05, 4.69) is 66.5 Å². The first-order valence-electron chi connectivity index (χ1n) is 8.36. The van der Waals surface area contributed by atoms with Gasteiger partial charge in [-0.25, -0.2) is 0 Å². The van der Waals surface area contributed by atoms with Crippen LogP contribution in [0.15, 0.2) is 58.3 Å². The van der Waals surface area contributed by atoms with Crippen LogP contribution >= 0.6 is 11.8 Å². The van der Waals surface area contributed by atoms with Gasteiger partial charge in [-0.2, -0.15) is 0 Å². The van der Waals surface area contributed by atoms with Crippen LogP contribution in [0.25, 0.3) is 10.8 Å². The highest BCUT2D eigenvalue weighted by atomic mass is 32.2. The van der Waals surface area contributed by atoms with E-state index < -0.39 is 0 Å². The van der Waals surface area contributed by atoms with Gasteiger partial charge in [0, 0.05) is 45.0 Å². The number of nitrogens with two attached hydrogens (primary N) is 1. The summed E-state index contributed by atoms with van der Waals surface area (Å²) in [6, 6.07) is 17.0. The molecule has 1 aliphatic heterocycles. The minimum Gasteiger partial charge on any atom is -0.398 e. The van der Waals surface area contributed by atoms with E-state index in [0.717, 1.165) is 29.9 Å². The molecule has 0 saturated carbocycles. The zero-order valence-electron chi connectivity index (χ0n) is 14.0. The molecule has 0 amide bonds. The second-order valence-corrected chi connectivity index (χ2v) is 7.05. The molecule has 4 rings (SSSR count). The molecule has 0 unspecified atom stereocenters. The first-order valence-corrected chi connectivity index (χ1v) is 9.18. The van der Waals surface area contributed by atoms with Gasteiger partial charge in [0.25, 0.3) is 0 Å². The number of nitrogen functional groups attached to an aromatic ring is 1. The summed E-state index contributed by atoms with van der Waals surface area (Å²) >= 11 is 1.79. The van der Waals surface area contributed by atoms with Gasteiger partial charge in [0.05, 0.1) is 11.4 Å². The van der Waals surface area contributed by atoms with Crippen LogP contribution in [-0.4, -0.2) is 13.1 Å². The van der Waals surface area contributed by atoms with E-state index in [1.807, 2.05) is 6.07 Å². The maximum absolute atomic E-state index is 6.27. The Labute approximate surface area is 146 Å². The summed E-state index contributed by atoms with van der Waals surface area (Å²) < 4.78 is 0. The number of benzene rings is 3. The van der Waals surface area contributed by atoms with E-state index in [9.17, 15) is 0 Å². The monoisotopic (exact) mass is 335 g/mol. The quantitative estimate of drug-likeness (QED) is 0.487. The largest absolute Gasteiger partial charge is 0.398 e. The maximum atomic E-state index is 6.27. The molecular weight excluding hydrogens is 314 g/mol. The Morgan fingerprint density at radius 2 is 1.71 bits per heavy atom. The summed E-state index contributed by atoms with van der Waals surface area (Å²) in [6.45, 7) is 6.41. The molecule has 0 aromatic heterocycles. The van der Waals surface area contributed by atoms with Crippen LogP contribution in [0.2, 0.25) is 0 Å². The molecule has 0 bridgehead atoms. The van der Waals surface area contributed by atoms with Gasteiger partial charge < -0.3 is 16.0 Å². The lowest BCUT2D eigenvalue weighted by Gasteiger charge is -2.26. The Bertz CT molecular complexity index is 916. The SMILES string of the molecule is CCN(CC)c1ccc2c(c1)Sc1cc(N)c3ccccc3c1N2. The topological polar surface area (TPSA) is 41.3 Å². The third-order valence-electron chi connectivity index (χ3n) is 4.61. The van der Waals surface area contributed by atoms with Crippen molar-refractivity contribution >= 4 is 45.3 Å². The number of hydrogen-bond acceptors (Lipinski definition) is 4. The number of rotatable bonds is 3. The smallest absolute Gasteiger partial charge is 0.0607 e. The van der Waals surface area contributed by atoms with E-state index in [-0.39, 0.29) is 0 Å². The lowest BCUT2D eigenvalue weighted by Crippen LogP contribution is -2.21. The average molecular weight is 335 g/mol. The number of nitrogens with one attached hydrogen (secondary N) is 1. The van der Waals surface area contributed by atoms with Crippen molar-refractivity contribution < 1.29 is 0 Å². The van der Waals surface area contributed by atoms with Gasteiger partial charge in [-0.3, -0.25) is 0 Å². The lowest BCUT2D eigenvalue weighted by molar-refractivity contribution is 0.864. The van der Waals surface area contributed by atoms with Gasteiger partial charge in [0.1, 0.15) is 0 Å². The van der Waals surface area contributed by atoms with Crippen LogP contribution in [-0.2, 0) is 0 Å². The van der Waals surface area contributed by atoms with Crippen LogP contribution in [0.1, 0.15) is 13.8 Å². The van der Waals surface area contributed by atoms with E-state index in [1.54, 1.807) is 11.8 Å². The van der Waals surface area contributed by atoms with Crippen LogP contribution in [0, 0.1) is 0 Å². The van der Waals surface area contributed by atoms with Gasteiger partial charge in [-0.15, -0.1) is 0 Å². The third kappa shape index (κ3) is 2.38. The van der Waals surface area contributed by atoms with Crippen molar-refractivity contribution in [2.24, 2.45) is 0 Å². The molecule has 1 aliphatic rings. The Hall–Kier alpha value is -2.33. The summed E-state index contributed by atoms with van der Waals surface area (Å²) in [5, 5.41) is 5.90.